The Hall–Kier alpha value is -1.51. The van der Waals surface area contributed by atoms with Crippen molar-refractivity contribution in [3.05, 3.63) is 23.8 Å². The minimum Gasteiger partial charge on any atom is -0.504 e. The van der Waals surface area contributed by atoms with Crippen molar-refractivity contribution in [2.24, 2.45) is 0 Å². The second kappa shape index (κ2) is 4.65. The first-order valence-electron chi connectivity index (χ1n) is 4.50. The molecular weight excluding hydrogens is 180 g/mol. The second-order valence-electron chi connectivity index (χ2n) is 3.20. The normalized spacial score (nSPS) is 12.1. The summed E-state index contributed by atoms with van der Waals surface area (Å²) in [6.07, 6.45) is 1.25. The third kappa shape index (κ3) is 2.05. The summed E-state index contributed by atoms with van der Waals surface area (Å²) in [6.45, 7) is 1.89. The SMILES string of the molecule is COc1cccc(C(C)CC=O)c1O. The monoisotopic (exact) mass is 194 g/mol. The molecule has 0 saturated heterocycles. The number of aldehydes is 1. The first kappa shape index (κ1) is 10.6. The van der Waals surface area contributed by atoms with Gasteiger partial charge in [-0.2, -0.15) is 0 Å². The van der Waals surface area contributed by atoms with Crippen molar-refractivity contribution in [3.63, 3.8) is 0 Å². The number of phenols is 1. The van der Waals surface area contributed by atoms with Crippen LogP contribution in [-0.4, -0.2) is 18.5 Å². The lowest BCUT2D eigenvalue weighted by Gasteiger charge is -2.12. The standard InChI is InChI=1S/C11H14O3/c1-8(6-7-12)9-4-3-5-10(14-2)11(9)13/h3-5,7-8,13H,6H2,1-2H3. The Morgan fingerprint density at radius 1 is 1.57 bits per heavy atom. The third-order valence-corrected chi connectivity index (χ3v) is 2.23. The van der Waals surface area contributed by atoms with E-state index < -0.39 is 0 Å². The molecule has 0 aliphatic carbocycles. The molecule has 1 atom stereocenters. The van der Waals surface area contributed by atoms with Gasteiger partial charge in [-0.15, -0.1) is 0 Å². The highest BCUT2D eigenvalue weighted by Crippen LogP contribution is 2.34. The van der Waals surface area contributed by atoms with Crippen molar-refractivity contribution < 1.29 is 14.6 Å². The van der Waals surface area contributed by atoms with Gasteiger partial charge in [-0.05, 0) is 12.0 Å². The van der Waals surface area contributed by atoms with Crippen LogP contribution in [0.5, 0.6) is 11.5 Å². The van der Waals surface area contributed by atoms with Crippen LogP contribution >= 0.6 is 0 Å². The quantitative estimate of drug-likeness (QED) is 0.746. The van der Waals surface area contributed by atoms with Crippen molar-refractivity contribution in [2.75, 3.05) is 7.11 Å². The molecule has 0 aliphatic heterocycles. The Kier molecular flexibility index (Phi) is 3.51. The maximum Gasteiger partial charge on any atom is 0.161 e. The highest BCUT2D eigenvalue weighted by Gasteiger charge is 2.12. The lowest BCUT2D eigenvalue weighted by atomic mass is 9.97. The van der Waals surface area contributed by atoms with Gasteiger partial charge in [0.1, 0.15) is 6.29 Å². The van der Waals surface area contributed by atoms with Gasteiger partial charge in [0, 0.05) is 12.0 Å². The minimum absolute atomic E-state index is 0.0163. The fourth-order valence-corrected chi connectivity index (χ4v) is 1.37. The molecule has 0 bridgehead atoms. The van der Waals surface area contributed by atoms with E-state index in [2.05, 4.69) is 0 Å². The lowest BCUT2D eigenvalue weighted by Crippen LogP contribution is -1.96. The number of phenolic OH excluding ortho intramolecular Hbond substituents is 1. The molecule has 1 unspecified atom stereocenters. The minimum atomic E-state index is 0.0163. The summed E-state index contributed by atoms with van der Waals surface area (Å²) in [5.41, 5.74) is 0.747. The summed E-state index contributed by atoms with van der Waals surface area (Å²) in [4.78, 5) is 10.3. The van der Waals surface area contributed by atoms with E-state index in [0.29, 0.717) is 12.2 Å². The number of hydrogen-bond acceptors (Lipinski definition) is 3. The van der Waals surface area contributed by atoms with Crippen LogP contribution in [0.1, 0.15) is 24.8 Å². The molecule has 0 aliphatic rings. The zero-order chi connectivity index (χ0) is 10.6. The van der Waals surface area contributed by atoms with Crippen molar-refractivity contribution in [1.29, 1.82) is 0 Å². The van der Waals surface area contributed by atoms with Crippen molar-refractivity contribution >= 4 is 6.29 Å². The highest BCUT2D eigenvalue weighted by atomic mass is 16.5. The highest BCUT2D eigenvalue weighted by molar-refractivity contribution is 5.54. The van der Waals surface area contributed by atoms with Crippen molar-refractivity contribution in [3.8, 4) is 11.5 Å². The topological polar surface area (TPSA) is 46.5 Å². The van der Waals surface area contributed by atoms with Crippen LogP contribution in [0.2, 0.25) is 0 Å². The molecule has 0 heterocycles. The Labute approximate surface area is 83.3 Å². The molecule has 3 nitrogen and oxygen atoms in total. The summed E-state index contributed by atoms with van der Waals surface area (Å²) >= 11 is 0. The number of aromatic hydroxyl groups is 1. The van der Waals surface area contributed by atoms with Gasteiger partial charge in [-0.3, -0.25) is 0 Å². The number of methoxy groups -OCH3 is 1. The number of ether oxygens (including phenoxy) is 1. The molecule has 1 aromatic carbocycles. The lowest BCUT2D eigenvalue weighted by molar-refractivity contribution is -0.108. The van der Waals surface area contributed by atoms with Crippen LogP contribution < -0.4 is 4.74 Å². The molecule has 1 rings (SSSR count). The van der Waals surface area contributed by atoms with Gasteiger partial charge in [-0.1, -0.05) is 19.1 Å². The predicted molar refractivity (Wildman–Crippen MR) is 53.8 cm³/mol. The van der Waals surface area contributed by atoms with E-state index in [4.69, 9.17) is 4.74 Å². The van der Waals surface area contributed by atoms with Crippen LogP contribution in [0.15, 0.2) is 18.2 Å². The maximum absolute atomic E-state index is 10.3. The van der Waals surface area contributed by atoms with Gasteiger partial charge in [0.2, 0.25) is 0 Å². The van der Waals surface area contributed by atoms with E-state index in [1.54, 1.807) is 18.2 Å². The smallest absolute Gasteiger partial charge is 0.161 e. The number of carbonyl (C=O) groups is 1. The van der Waals surface area contributed by atoms with Crippen LogP contribution in [0.4, 0.5) is 0 Å². The van der Waals surface area contributed by atoms with Gasteiger partial charge < -0.3 is 14.6 Å². The van der Waals surface area contributed by atoms with Crippen LogP contribution in [0.25, 0.3) is 0 Å². The Bertz CT molecular complexity index is 320. The fraction of sp³-hybridized carbons (Fsp3) is 0.364. The van der Waals surface area contributed by atoms with Gasteiger partial charge in [-0.25, -0.2) is 0 Å². The van der Waals surface area contributed by atoms with E-state index in [0.717, 1.165) is 11.8 Å². The molecule has 0 spiro atoms. The molecule has 0 fully saturated rings. The number of rotatable bonds is 4. The Balaban J connectivity index is 3.02. The molecule has 0 saturated carbocycles. The van der Waals surface area contributed by atoms with Gasteiger partial charge in [0.05, 0.1) is 7.11 Å². The van der Waals surface area contributed by atoms with Crippen LogP contribution in [-0.2, 0) is 4.79 Å². The summed E-state index contributed by atoms with van der Waals surface area (Å²) < 4.78 is 4.98. The average Bonchev–Trinajstić information content (AvgIpc) is 2.18. The zero-order valence-corrected chi connectivity index (χ0v) is 8.36. The molecule has 14 heavy (non-hydrogen) atoms. The van der Waals surface area contributed by atoms with E-state index >= 15 is 0 Å². The molecule has 0 aromatic heterocycles. The van der Waals surface area contributed by atoms with Gasteiger partial charge in [0.25, 0.3) is 0 Å². The van der Waals surface area contributed by atoms with Crippen molar-refractivity contribution in [1.82, 2.24) is 0 Å². The number of carbonyl (C=O) groups excluding carboxylic acids is 1. The molecule has 0 amide bonds. The third-order valence-electron chi connectivity index (χ3n) is 2.23. The van der Waals surface area contributed by atoms with Gasteiger partial charge >= 0.3 is 0 Å². The molecule has 3 heteroatoms. The summed E-state index contributed by atoms with van der Waals surface area (Å²) in [6, 6.07) is 5.29. The predicted octanol–water partition coefficient (Wildman–Crippen LogP) is 2.09. The first-order chi connectivity index (χ1) is 6.70. The summed E-state index contributed by atoms with van der Waals surface area (Å²) in [7, 11) is 1.50. The van der Waals surface area contributed by atoms with E-state index in [9.17, 15) is 9.90 Å². The largest absolute Gasteiger partial charge is 0.504 e. The van der Waals surface area contributed by atoms with E-state index in [1.165, 1.54) is 7.11 Å². The Morgan fingerprint density at radius 2 is 2.29 bits per heavy atom. The second-order valence-corrected chi connectivity index (χ2v) is 3.20. The average molecular weight is 194 g/mol. The Morgan fingerprint density at radius 3 is 2.86 bits per heavy atom. The summed E-state index contributed by atoms with van der Waals surface area (Å²) in [5, 5.41) is 9.74. The van der Waals surface area contributed by atoms with Crippen molar-refractivity contribution in [2.45, 2.75) is 19.3 Å². The maximum atomic E-state index is 10.3. The van der Waals surface area contributed by atoms with Crippen LogP contribution in [0.3, 0.4) is 0 Å². The van der Waals surface area contributed by atoms with Gasteiger partial charge in [0.15, 0.2) is 11.5 Å². The van der Waals surface area contributed by atoms with E-state index in [-0.39, 0.29) is 11.7 Å². The number of para-hydroxylation sites is 1. The van der Waals surface area contributed by atoms with Crippen LogP contribution in [0, 0.1) is 0 Å². The molecule has 76 valence electrons. The summed E-state index contributed by atoms with van der Waals surface area (Å²) in [5.74, 6) is 0.590. The van der Waals surface area contributed by atoms with E-state index in [1.807, 2.05) is 6.92 Å². The first-order valence-corrected chi connectivity index (χ1v) is 4.50. The fourth-order valence-electron chi connectivity index (χ4n) is 1.37. The molecule has 0 radical (unpaired) electrons. The molecular formula is C11H14O3. The molecule has 1 aromatic rings. The molecule has 1 N–H and O–H groups in total. The number of benzene rings is 1. The zero-order valence-electron chi connectivity index (χ0n) is 8.36. The number of hydrogen-bond donors (Lipinski definition) is 1.